The predicted octanol–water partition coefficient (Wildman–Crippen LogP) is 2.10. The zero-order valence-corrected chi connectivity index (χ0v) is 20.3. The molecule has 182 valence electrons. The molecule has 1 heterocycles. The number of carbonyl (C=O) groups excluding carboxylic acids is 2. The molecule has 9 heteroatoms. The van der Waals surface area contributed by atoms with Crippen LogP contribution in [-0.2, 0) is 26.0 Å². The molecule has 8 nitrogen and oxygen atoms in total. The maximum atomic E-state index is 13.2. The Bertz CT molecular complexity index is 1120. The first-order chi connectivity index (χ1) is 16.2. The van der Waals surface area contributed by atoms with Gasteiger partial charge in [-0.15, -0.1) is 0 Å². The number of morpholine rings is 1. The topological polar surface area (TPSA) is 105 Å². The highest BCUT2D eigenvalue weighted by molar-refractivity contribution is 7.89. The van der Waals surface area contributed by atoms with Gasteiger partial charge in [-0.25, -0.2) is 8.42 Å². The number of benzene rings is 2. The minimum absolute atomic E-state index is 0.0449. The van der Waals surface area contributed by atoms with E-state index < -0.39 is 22.0 Å². The molecular formula is C25H31N3O5S. The van der Waals surface area contributed by atoms with Gasteiger partial charge in [0, 0.05) is 31.1 Å². The highest BCUT2D eigenvalue weighted by atomic mass is 32.2. The first-order valence-electron chi connectivity index (χ1n) is 11.6. The fraction of sp³-hybridized carbons (Fsp3) is 0.440. The van der Waals surface area contributed by atoms with Crippen LogP contribution < -0.4 is 10.6 Å². The fourth-order valence-electron chi connectivity index (χ4n) is 4.10. The summed E-state index contributed by atoms with van der Waals surface area (Å²) in [5, 5.41) is 5.76. The highest BCUT2D eigenvalue weighted by Crippen LogP contribution is 2.22. The summed E-state index contributed by atoms with van der Waals surface area (Å²) < 4.78 is 33.5. The molecule has 2 aliphatic rings. The van der Waals surface area contributed by atoms with Crippen molar-refractivity contribution in [3.63, 3.8) is 0 Å². The average molecular weight is 486 g/mol. The molecule has 0 radical (unpaired) electrons. The van der Waals surface area contributed by atoms with Crippen molar-refractivity contribution >= 4 is 21.8 Å². The lowest BCUT2D eigenvalue weighted by atomic mass is 10.0. The summed E-state index contributed by atoms with van der Waals surface area (Å²) in [6.07, 6.45) is 1.79. The number of nitrogens with zero attached hydrogens (tertiary/aromatic N) is 1. The van der Waals surface area contributed by atoms with E-state index in [0.29, 0.717) is 6.42 Å². The molecule has 4 rings (SSSR count). The van der Waals surface area contributed by atoms with Crippen molar-refractivity contribution in [3.8, 4) is 0 Å². The molecule has 2 aromatic rings. The van der Waals surface area contributed by atoms with Crippen molar-refractivity contribution in [1.29, 1.82) is 0 Å². The molecule has 3 atom stereocenters. The van der Waals surface area contributed by atoms with Crippen molar-refractivity contribution in [2.45, 2.75) is 62.3 Å². The molecule has 2 fully saturated rings. The van der Waals surface area contributed by atoms with Gasteiger partial charge in [0.1, 0.15) is 6.04 Å². The van der Waals surface area contributed by atoms with Gasteiger partial charge >= 0.3 is 0 Å². The van der Waals surface area contributed by atoms with Crippen LogP contribution in [0, 0.1) is 0 Å². The first-order valence-corrected chi connectivity index (χ1v) is 13.1. The van der Waals surface area contributed by atoms with E-state index in [0.717, 1.165) is 18.4 Å². The zero-order chi connectivity index (χ0) is 24.3. The Balaban J connectivity index is 1.52. The van der Waals surface area contributed by atoms with Crippen molar-refractivity contribution in [2.75, 3.05) is 13.1 Å². The molecule has 34 heavy (non-hydrogen) atoms. The lowest BCUT2D eigenvalue weighted by molar-refractivity contribution is -0.123. The SMILES string of the molecule is CC1CN(S(=O)(=O)c2cccc(C(=O)NC(Cc3ccccc3)C(=O)NC3CC3)c2)CC(C)O1. The number of hydrogen-bond acceptors (Lipinski definition) is 5. The average Bonchev–Trinajstić information content (AvgIpc) is 3.62. The molecule has 1 aliphatic carbocycles. The second kappa shape index (κ2) is 10.2. The van der Waals surface area contributed by atoms with E-state index in [1.54, 1.807) is 12.1 Å². The van der Waals surface area contributed by atoms with Crippen LogP contribution in [0.1, 0.15) is 42.6 Å². The number of rotatable bonds is 8. The van der Waals surface area contributed by atoms with Crippen molar-refractivity contribution < 1.29 is 22.7 Å². The van der Waals surface area contributed by atoms with Crippen molar-refractivity contribution in [2.24, 2.45) is 0 Å². The standard InChI is InChI=1S/C25H31N3O5S/c1-17-15-28(16-18(2)33-17)34(31,32)22-10-6-9-20(14-22)24(29)27-23(25(30)26-21-11-12-21)13-19-7-4-3-5-8-19/h3-10,14,17-18,21,23H,11-13,15-16H2,1-2H3,(H,26,30)(H,27,29). The molecule has 2 N–H and O–H groups in total. The number of nitrogens with one attached hydrogen (secondary N) is 2. The molecule has 2 amide bonds. The van der Waals surface area contributed by atoms with Crippen molar-refractivity contribution in [3.05, 3.63) is 65.7 Å². The lowest BCUT2D eigenvalue weighted by Gasteiger charge is -2.34. The minimum atomic E-state index is -3.79. The van der Waals surface area contributed by atoms with Crippen LogP contribution in [-0.4, -0.2) is 61.9 Å². The normalized spacial score (nSPS) is 22.1. The molecule has 0 spiro atoms. The Labute approximate surface area is 200 Å². The van der Waals surface area contributed by atoms with Gasteiger partial charge in [0.2, 0.25) is 15.9 Å². The fourth-order valence-corrected chi connectivity index (χ4v) is 5.74. The van der Waals surface area contributed by atoms with E-state index >= 15 is 0 Å². The molecule has 0 aromatic heterocycles. The van der Waals surface area contributed by atoms with Gasteiger partial charge in [-0.3, -0.25) is 9.59 Å². The second-order valence-electron chi connectivity index (χ2n) is 9.11. The van der Waals surface area contributed by atoms with Crippen LogP contribution in [0.25, 0.3) is 0 Å². The monoisotopic (exact) mass is 485 g/mol. The third-order valence-corrected chi connectivity index (χ3v) is 7.78. The van der Waals surface area contributed by atoms with E-state index in [1.165, 1.54) is 16.4 Å². The maximum absolute atomic E-state index is 13.2. The zero-order valence-electron chi connectivity index (χ0n) is 19.4. The summed E-state index contributed by atoms with van der Waals surface area (Å²) in [5.41, 5.74) is 1.11. The van der Waals surface area contributed by atoms with Gasteiger partial charge in [-0.05, 0) is 50.5 Å². The summed E-state index contributed by atoms with van der Waals surface area (Å²) in [6, 6.07) is 14.8. The minimum Gasteiger partial charge on any atom is -0.373 e. The molecule has 2 aromatic carbocycles. The third-order valence-electron chi connectivity index (χ3n) is 5.95. The number of ether oxygens (including phenoxy) is 1. The molecule has 0 bridgehead atoms. The van der Waals surface area contributed by atoms with Crippen LogP contribution in [0.15, 0.2) is 59.5 Å². The smallest absolute Gasteiger partial charge is 0.251 e. The van der Waals surface area contributed by atoms with E-state index in [9.17, 15) is 18.0 Å². The Hall–Kier alpha value is -2.75. The second-order valence-corrected chi connectivity index (χ2v) is 11.0. The third kappa shape index (κ3) is 6.02. The quantitative estimate of drug-likeness (QED) is 0.596. The molecule has 1 saturated carbocycles. The van der Waals surface area contributed by atoms with Gasteiger partial charge in [0.25, 0.3) is 5.91 Å². The number of carbonyl (C=O) groups is 2. The summed E-state index contributed by atoms with van der Waals surface area (Å²) >= 11 is 0. The van der Waals surface area contributed by atoms with E-state index in [4.69, 9.17) is 4.74 Å². The Kier molecular flexibility index (Phi) is 7.35. The Morgan fingerprint density at radius 3 is 2.35 bits per heavy atom. The molecule has 3 unspecified atom stereocenters. The molecule has 1 saturated heterocycles. The van der Waals surface area contributed by atoms with Gasteiger partial charge in [-0.1, -0.05) is 36.4 Å². The summed E-state index contributed by atoms with van der Waals surface area (Å²) in [5.74, 6) is -0.729. The van der Waals surface area contributed by atoms with E-state index in [2.05, 4.69) is 10.6 Å². The van der Waals surface area contributed by atoms with Crippen LogP contribution >= 0.6 is 0 Å². The summed E-state index contributed by atoms with van der Waals surface area (Å²) in [6.45, 7) is 4.18. The first kappa shape index (κ1) is 24.4. The molecule has 1 aliphatic heterocycles. The largest absolute Gasteiger partial charge is 0.373 e. The van der Waals surface area contributed by atoms with Gasteiger partial charge in [0.15, 0.2) is 0 Å². The van der Waals surface area contributed by atoms with E-state index in [-0.39, 0.29) is 47.7 Å². The van der Waals surface area contributed by atoms with Crippen molar-refractivity contribution in [1.82, 2.24) is 14.9 Å². The van der Waals surface area contributed by atoms with Gasteiger partial charge < -0.3 is 15.4 Å². The van der Waals surface area contributed by atoms with Crippen LogP contribution in [0.4, 0.5) is 0 Å². The Morgan fingerprint density at radius 1 is 1.03 bits per heavy atom. The number of hydrogen-bond donors (Lipinski definition) is 2. The van der Waals surface area contributed by atoms with Crippen LogP contribution in [0.3, 0.4) is 0 Å². The lowest BCUT2D eigenvalue weighted by Crippen LogP contribution is -2.49. The number of sulfonamides is 1. The van der Waals surface area contributed by atoms with E-state index in [1.807, 2.05) is 44.2 Å². The maximum Gasteiger partial charge on any atom is 0.251 e. The molecular weight excluding hydrogens is 454 g/mol. The van der Waals surface area contributed by atoms with Gasteiger partial charge in [-0.2, -0.15) is 4.31 Å². The Morgan fingerprint density at radius 2 is 1.71 bits per heavy atom. The summed E-state index contributed by atoms with van der Waals surface area (Å²) in [4.78, 5) is 26.0. The number of amides is 2. The predicted molar refractivity (Wildman–Crippen MR) is 128 cm³/mol. The van der Waals surface area contributed by atoms with Crippen LogP contribution in [0.5, 0.6) is 0 Å². The van der Waals surface area contributed by atoms with Crippen LogP contribution in [0.2, 0.25) is 0 Å². The van der Waals surface area contributed by atoms with Gasteiger partial charge in [0.05, 0.1) is 17.1 Å². The summed E-state index contributed by atoms with van der Waals surface area (Å²) in [7, 11) is -3.79. The highest BCUT2D eigenvalue weighted by Gasteiger charge is 2.33.